The molecule has 2 heterocycles. The molecule has 0 fully saturated rings. The number of halogens is 1. The van der Waals surface area contributed by atoms with E-state index < -0.39 is 5.82 Å². The van der Waals surface area contributed by atoms with Gasteiger partial charge in [0, 0.05) is 37.8 Å². The Morgan fingerprint density at radius 3 is 2.56 bits per heavy atom. The summed E-state index contributed by atoms with van der Waals surface area (Å²) in [5.41, 5.74) is 3.99. The first-order valence-corrected chi connectivity index (χ1v) is 11.1. The van der Waals surface area contributed by atoms with Gasteiger partial charge >= 0.3 is 0 Å². The van der Waals surface area contributed by atoms with E-state index in [2.05, 4.69) is 20.7 Å². The SMILES string of the molecule is CCn1c(-c2ccccc2F)nc2cc(C(=O)N[C@H](C)c3cn(C)nc3C)cc(NC(C)=O)c21. The maximum atomic E-state index is 14.6. The molecule has 0 aliphatic carbocycles. The van der Waals surface area contributed by atoms with Crippen LogP contribution in [0.15, 0.2) is 42.6 Å². The van der Waals surface area contributed by atoms with E-state index >= 15 is 0 Å². The van der Waals surface area contributed by atoms with Gasteiger partial charge in [-0.25, -0.2) is 9.37 Å². The number of nitrogens with one attached hydrogen (secondary N) is 2. The molecule has 0 unspecified atom stereocenters. The molecule has 2 aromatic carbocycles. The van der Waals surface area contributed by atoms with Crippen LogP contribution in [-0.2, 0) is 18.4 Å². The fraction of sp³-hybridized carbons (Fsp3) is 0.280. The molecule has 0 aliphatic heterocycles. The molecule has 4 aromatic rings. The number of imidazole rings is 1. The number of aromatic nitrogens is 4. The summed E-state index contributed by atoms with van der Waals surface area (Å²) < 4.78 is 18.1. The molecule has 9 heteroatoms. The van der Waals surface area contributed by atoms with E-state index in [9.17, 15) is 14.0 Å². The minimum absolute atomic E-state index is 0.275. The number of aryl methyl sites for hydroxylation is 3. The van der Waals surface area contributed by atoms with Crippen molar-refractivity contribution in [3.05, 3.63) is 65.2 Å². The number of anilines is 1. The summed E-state index contributed by atoms with van der Waals surface area (Å²) in [6.45, 7) is 7.59. The van der Waals surface area contributed by atoms with Crippen LogP contribution < -0.4 is 10.6 Å². The van der Waals surface area contributed by atoms with E-state index in [-0.39, 0.29) is 17.9 Å². The standard InChI is InChI=1S/C25H27FN6O2/c1-6-32-23-21(28-16(4)33)11-17(25(34)27-14(2)19-13-31(5)30-15(19)3)12-22(23)29-24(32)18-9-7-8-10-20(18)26/h7-14H,6H2,1-5H3,(H,27,34)(H,28,33)/t14-/m1/s1. The van der Waals surface area contributed by atoms with Crippen LogP contribution in [-0.4, -0.2) is 31.1 Å². The maximum Gasteiger partial charge on any atom is 0.251 e. The topological polar surface area (TPSA) is 93.8 Å². The highest BCUT2D eigenvalue weighted by atomic mass is 19.1. The Labute approximate surface area is 196 Å². The summed E-state index contributed by atoms with van der Waals surface area (Å²) in [5, 5.41) is 10.1. The molecule has 0 saturated carbocycles. The Kier molecular flexibility index (Phi) is 6.19. The van der Waals surface area contributed by atoms with Crippen molar-refractivity contribution in [2.75, 3.05) is 5.32 Å². The van der Waals surface area contributed by atoms with Crippen molar-refractivity contribution < 1.29 is 14.0 Å². The second kappa shape index (κ2) is 9.09. The van der Waals surface area contributed by atoms with Gasteiger partial charge in [0.25, 0.3) is 5.91 Å². The number of carbonyl (C=O) groups excluding carboxylic acids is 2. The Hall–Kier alpha value is -4.01. The predicted molar refractivity (Wildman–Crippen MR) is 129 cm³/mol. The smallest absolute Gasteiger partial charge is 0.251 e. The van der Waals surface area contributed by atoms with Crippen molar-refractivity contribution in [1.82, 2.24) is 24.6 Å². The van der Waals surface area contributed by atoms with E-state index in [1.165, 1.54) is 13.0 Å². The van der Waals surface area contributed by atoms with Gasteiger partial charge in [0.1, 0.15) is 11.6 Å². The molecule has 2 aromatic heterocycles. The Morgan fingerprint density at radius 2 is 1.94 bits per heavy atom. The van der Waals surface area contributed by atoms with Gasteiger partial charge in [-0.05, 0) is 45.0 Å². The molecule has 0 bridgehead atoms. The predicted octanol–water partition coefficient (Wildman–Crippen LogP) is 4.35. The average molecular weight is 463 g/mol. The van der Waals surface area contributed by atoms with E-state index in [1.807, 2.05) is 38.6 Å². The Bertz CT molecular complexity index is 1400. The third kappa shape index (κ3) is 4.28. The number of amides is 2. The third-order valence-electron chi connectivity index (χ3n) is 5.71. The lowest BCUT2D eigenvalue weighted by molar-refractivity contribution is -0.114. The summed E-state index contributed by atoms with van der Waals surface area (Å²) in [5.74, 6) is -0.566. The molecule has 0 saturated heterocycles. The molecule has 4 rings (SSSR count). The van der Waals surface area contributed by atoms with Crippen molar-refractivity contribution in [2.45, 2.75) is 40.3 Å². The summed E-state index contributed by atoms with van der Waals surface area (Å²) >= 11 is 0. The molecular formula is C25H27FN6O2. The molecule has 2 N–H and O–H groups in total. The lowest BCUT2D eigenvalue weighted by Gasteiger charge is -2.15. The number of fused-ring (bicyclic) bond motifs is 1. The normalized spacial score (nSPS) is 12.1. The quantitative estimate of drug-likeness (QED) is 0.445. The second-order valence-corrected chi connectivity index (χ2v) is 8.27. The molecule has 1 atom stereocenters. The van der Waals surface area contributed by atoms with Crippen molar-refractivity contribution in [3.63, 3.8) is 0 Å². The molecular weight excluding hydrogens is 435 g/mol. The Balaban J connectivity index is 1.81. The summed E-state index contributed by atoms with van der Waals surface area (Å²) in [4.78, 5) is 29.8. The summed E-state index contributed by atoms with van der Waals surface area (Å²) in [6.07, 6.45) is 1.87. The number of nitrogens with zero attached hydrogens (tertiary/aromatic N) is 4. The third-order valence-corrected chi connectivity index (χ3v) is 5.71. The number of rotatable bonds is 6. The van der Waals surface area contributed by atoms with Crippen LogP contribution in [0.2, 0.25) is 0 Å². The molecule has 2 amide bonds. The van der Waals surface area contributed by atoms with Crippen LogP contribution in [0.3, 0.4) is 0 Å². The molecule has 0 radical (unpaired) electrons. The highest BCUT2D eigenvalue weighted by Crippen LogP contribution is 2.32. The van der Waals surface area contributed by atoms with Crippen LogP contribution in [0.25, 0.3) is 22.4 Å². The van der Waals surface area contributed by atoms with Gasteiger partial charge in [-0.15, -0.1) is 0 Å². The van der Waals surface area contributed by atoms with Crippen LogP contribution in [0.5, 0.6) is 0 Å². The second-order valence-electron chi connectivity index (χ2n) is 8.27. The monoisotopic (exact) mass is 462 g/mol. The summed E-state index contributed by atoms with van der Waals surface area (Å²) in [7, 11) is 1.83. The highest BCUT2D eigenvalue weighted by Gasteiger charge is 2.22. The van der Waals surface area contributed by atoms with Crippen LogP contribution in [0.4, 0.5) is 10.1 Å². The minimum Gasteiger partial charge on any atom is -0.345 e. The number of hydrogen-bond acceptors (Lipinski definition) is 4. The van der Waals surface area contributed by atoms with Gasteiger partial charge < -0.3 is 15.2 Å². The lowest BCUT2D eigenvalue weighted by atomic mass is 10.1. The lowest BCUT2D eigenvalue weighted by Crippen LogP contribution is -2.27. The van der Waals surface area contributed by atoms with E-state index in [0.717, 1.165) is 11.3 Å². The fourth-order valence-electron chi connectivity index (χ4n) is 4.24. The van der Waals surface area contributed by atoms with E-state index in [0.29, 0.717) is 40.2 Å². The average Bonchev–Trinajstić information content (AvgIpc) is 3.32. The van der Waals surface area contributed by atoms with E-state index in [1.54, 1.807) is 35.0 Å². The molecule has 176 valence electrons. The van der Waals surface area contributed by atoms with Crippen LogP contribution >= 0.6 is 0 Å². The highest BCUT2D eigenvalue weighted by molar-refractivity contribution is 6.05. The zero-order valence-corrected chi connectivity index (χ0v) is 19.8. The number of benzene rings is 2. The van der Waals surface area contributed by atoms with Gasteiger partial charge in [0.15, 0.2) is 0 Å². The van der Waals surface area contributed by atoms with Gasteiger partial charge in [-0.3, -0.25) is 14.3 Å². The molecule has 8 nitrogen and oxygen atoms in total. The van der Waals surface area contributed by atoms with Gasteiger partial charge in [0.05, 0.1) is 34.0 Å². The fourth-order valence-corrected chi connectivity index (χ4v) is 4.24. The zero-order valence-electron chi connectivity index (χ0n) is 19.8. The maximum absolute atomic E-state index is 14.6. The van der Waals surface area contributed by atoms with E-state index in [4.69, 9.17) is 0 Å². The first-order chi connectivity index (χ1) is 16.2. The Morgan fingerprint density at radius 1 is 1.21 bits per heavy atom. The first-order valence-electron chi connectivity index (χ1n) is 11.1. The van der Waals surface area contributed by atoms with Crippen molar-refractivity contribution >= 4 is 28.5 Å². The minimum atomic E-state index is -0.396. The number of hydrogen-bond donors (Lipinski definition) is 2. The molecule has 0 spiro atoms. The van der Waals surface area contributed by atoms with Gasteiger partial charge in [-0.2, -0.15) is 5.10 Å². The van der Waals surface area contributed by atoms with Crippen molar-refractivity contribution in [3.8, 4) is 11.4 Å². The van der Waals surface area contributed by atoms with Crippen molar-refractivity contribution in [1.29, 1.82) is 0 Å². The molecule has 0 aliphatic rings. The van der Waals surface area contributed by atoms with Crippen LogP contribution in [0.1, 0.15) is 48.4 Å². The summed E-state index contributed by atoms with van der Waals surface area (Å²) in [6, 6.07) is 9.41. The zero-order chi connectivity index (χ0) is 24.6. The van der Waals surface area contributed by atoms with Crippen molar-refractivity contribution in [2.24, 2.45) is 7.05 Å². The first kappa shape index (κ1) is 23.2. The van der Waals surface area contributed by atoms with Gasteiger partial charge in [-0.1, -0.05) is 12.1 Å². The molecule has 34 heavy (non-hydrogen) atoms. The largest absolute Gasteiger partial charge is 0.345 e. The number of carbonyl (C=O) groups is 2. The van der Waals surface area contributed by atoms with Crippen LogP contribution in [0, 0.1) is 12.7 Å². The van der Waals surface area contributed by atoms with Gasteiger partial charge in [0.2, 0.25) is 5.91 Å².